The largest absolute Gasteiger partial charge is 0.482 e. The Morgan fingerprint density at radius 3 is 3.00 bits per heavy atom. The molecule has 1 aromatic carbocycles. The Labute approximate surface area is 92.9 Å². The van der Waals surface area contributed by atoms with Crippen molar-refractivity contribution >= 4 is 23.6 Å². The van der Waals surface area contributed by atoms with Crippen molar-refractivity contribution in [3.8, 4) is 5.75 Å². The summed E-state index contributed by atoms with van der Waals surface area (Å²) in [6.45, 7) is -0.331. The highest BCUT2D eigenvalue weighted by Gasteiger charge is 1.98. The molecule has 0 saturated carbocycles. The molecule has 80 valence electrons. The Hall–Kier alpha value is -1.48. The summed E-state index contributed by atoms with van der Waals surface area (Å²) in [5.74, 6) is -0.00829. The van der Waals surface area contributed by atoms with Crippen molar-refractivity contribution in [2.24, 2.45) is 0 Å². The summed E-state index contributed by atoms with van der Waals surface area (Å²) in [5.41, 5.74) is 0.929. The molecule has 4 heteroatoms. The maximum absolute atomic E-state index is 10.3. The zero-order chi connectivity index (χ0) is 11.1. The lowest BCUT2D eigenvalue weighted by Crippen LogP contribution is -2.09. The topological polar surface area (TPSA) is 46.5 Å². The van der Waals surface area contributed by atoms with Crippen LogP contribution in [0.4, 0.5) is 0 Å². The molecule has 1 N–H and O–H groups in total. The lowest BCUT2D eigenvalue weighted by Gasteiger charge is -2.03. The lowest BCUT2D eigenvalue weighted by molar-refractivity contribution is -0.139. The molecule has 0 fully saturated rings. The van der Waals surface area contributed by atoms with Crippen molar-refractivity contribution in [2.75, 3.05) is 12.5 Å². The fourth-order valence-electron chi connectivity index (χ4n) is 1.03. The second-order valence-corrected chi connectivity index (χ2v) is 3.12. The van der Waals surface area contributed by atoms with Crippen LogP contribution in [-0.2, 0) is 4.79 Å². The molecule has 3 nitrogen and oxygen atoms in total. The Balaban J connectivity index is 2.65. The molecule has 0 unspecified atom stereocenters. The van der Waals surface area contributed by atoms with Crippen LogP contribution in [-0.4, -0.2) is 23.6 Å². The third-order valence-electron chi connectivity index (χ3n) is 1.62. The highest BCUT2D eigenvalue weighted by Crippen LogP contribution is 2.14. The van der Waals surface area contributed by atoms with Gasteiger partial charge in [0.05, 0.1) is 0 Å². The first-order valence-electron chi connectivity index (χ1n) is 4.39. The van der Waals surface area contributed by atoms with Gasteiger partial charge in [-0.05, 0) is 17.7 Å². The molecular formula is C11H11ClO3. The van der Waals surface area contributed by atoms with Crippen LogP contribution >= 0.6 is 11.6 Å². The van der Waals surface area contributed by atoms with Gasteiger partial charge in [-0.25, -0.2) is 4.79 Å². The van der Waals surface area contributed by atoms with Crippen LogP contribution in [0.5, 0.6) is 5.75 Å². The SMILES string of the molecule is O=C(O)COc1cccc(/C=C/CCl)c1. The van der Waals surface area contributed by atoms with E-state index in [9.17, 15) is 4.79 Å². The summed E-state index contributed by atoms with van der Waals surface area (Å²) >= 11 is 5.50. The molecule has 0 heterocycles. The van der Waals surface area contributed by atoms with E-state index in [1.54, 1.807) is 24.3 Å². The van der Waals surface area contributed by atoms with Crippen LogP contribution in [0.15, 0.2) is 30.3 Å². The third-order valence-corrected chi connectivity index (χ3v) is 1.80. The van der Waals surface area contributed by atoms with Crippen LogP contribution in [0, 0.1) is 0 Å². The van der Waals surface area contributed by atoms with E-state index < -0.39 is 5.97 Å². The van der Waals surface area contributed by atoms with E-state index in [1.165, 1.54) is 0 Å². The number of alkyl halides is 1. The summed E-state index contributed by atoms with van der Waals surface area (Å²) in [4.78, 5) is 10.3. The monoisotopic (exact) mass is 226 g/mol. The second kappa shape index (κ2) is 6.09. The van der Waals surface area contributed by atoms with Crippen LogP contribution < -0.4 is 4.74 Å². The molecule has 0 radical (unpaired) electrons. The first-order valence-corrected chi connectivity index (χ1v) is 4.93. The van der Waals surface area contributed by atoms with E-state index in [2.05, 4.69) is 0 Å². The average molecular weight is 227 g/mol. The first kappa shape index (κ1) is 11.6. The van der Waals surface area contributed by atoms with Gasteiger partial charge in [0.15, 0.2) is 6.61 Å². The number of halogens is 1. The first-order chi connectivity index (χ1) is 7.22. The van der Waals surface area contributed by atoms with E-state index in [4.69, 9.17) is 21.4 Å². The van der Waals surface area contributed by atoms with Crippen LogP contribution in [0.1, 0.15) is 5.56 Å². The normalized spacial score (nSPS) is 10.5. The molecule has 0 aromatic heterocycles. The maximum Gasteiger partial charge on any atom is 0.341 e. The highest BCUT2D eigenvalue weighted by molar-refractivity contribution is 6.19. The Morgan fingerprint density at radius 1 is 1.53 bits per heavy atom. The quantitative estimate of drug-likeness (QED) is 0.785. The lowest BCUT2D eigenvalue weighted by atomic mass is 10.2. The van der Waals surface area contributed by atoms with Crippen molar-refractivity contribution in [3.63, 3.8) is 0 Å². The number of hydrogen-bond donors (Lipinski definition) is 1. The zero-order valence-electron chi connectivity index (χ0n) is 8.02. The summed E-state index contributed by atoms with van der Waals surface area (Å²) in [7, 11) is 0. The number of ether oxygens (including phenoxy) is 1. The Bertz CT molecular complexity index is 361. The molecule has 1 rings (SSSR count). The Kier molecular flexibility index (Phi) is 4.71. The minimum Gasteiger partial charge on any atom is -0.482 e. The van der Waals surface area contributed by atoms with E-state index in [-0.39, 0.29) is 6.61 Å². The van der Waals surface area contributed by atoms with Crippen molar-refractivity contribution in [1.82, 2.24) is 0 Å². The molecule has 15 heavy (non-hydrogen) atoms. The number of carbonyl (C=O) groups is 1. The molecular weight excluding hydrogens is 216 g/mol. The van der Waals surface area contributed by atoms with Gasteiger partial charge < -0.3 is 9.84 Å². The van der Waals surface area contributed by atoms with E-state index >= 15 is 0 Å². The Morgan fingerprint density at radius 2 is 2.33 bits per heavy atom. The summed E-state index contributed by atoms with van der Waals surface area (Å²) in [6.07, 6.45) is 3.65. The second-order valence-electron chi connectivity index (χ2n) is 2.81. The molecule has 0 aliphatic carbocycles. The van der Waals surface area contributed by atoms with Gasteiger partial charge in [0.2, 0.25) is 0 Å². The van der Waals surface area contributed by atoms with Crippen LogP contribution in [0.2, 0.25) is 0 Å². The predicted molar refractivity (Wildman–Crippen MR) is 59.3 cm³/mol. The highest BCUT2D eigenvalue weighted by atomic mass is 35.5. The van der Waals surface area contributed by atoms with Gasteiger partial charge in [-0.1, -0.05) is 24.3 Å². The number of carboxylic acid groups (broad SMARTS) is 1. The summed E-state index contributed by atoms with van der Waals surface area (Å²) in [6, 6.07) is 7.15. The zero-order valence-corrected chi connectivity index (χ0v) is 8.78. The van der Waals surface area contributed by atoms with Gasteiger partial charge in [0.25, 0.3) is 0 Å². The standard InChI is InChI=1S/C11H11ClO3/c12-6-2-4-9-3-1-5-10(7-9)15-8-11(13)14/h1-5,7H,6,8H2,(H,13,14)/b4-2+. The fourth-order valence-corrected chi connectivity index (χ4v) is 1.12. The maximum atomic E-state index is 10.3. The van der Waals surface area contributed by atoms with Crippen molar-refractivity contribution in [1.29, 1.82) is 0 Å². The summed E-state index contributed by atoms with van der Waals surface area (Å²) < 4.78 is 5.02. The number of aliphatic carboxylic acids is 1. The molecule has 1 aromatic rings. The van der Waals surface area contributed by atoms with Gasteiger partial charge >= 0.3 is 5.97 Å². The van der Waals surface area contributed by atoms with Crippen molar-refractivity contribution in [3.05, 3.63) is 35.9 Å². The molecule has 0 amide bonds. The minimum atomic E-state index is -0.989. The number of hydrogen-bond acceptors (Lipinski definition) is 2. The van der Waals surface area contributed by atoms with E-state index in [0.29, 0.717) is 11.6 Å². The molecule has 0 saturated heterocycles. The van der Waals surface area contributed by atoms with E-state index in [0.717, 1.165) is 5.56 Å². The molecule has 0 atom stereocenters. The molecule has 0 aliphatic heterocycles. The van der Waals surface area contributed by atoms with E-state index in [1.807, 2.05) is 12.1 Å². The minimum absolute atomic E-state index is 0.331. The number of benzene rings is 1. The van der Waals surface area contributed by atoms with Crippen molar-refractivity contribution in [2.45, 2.75) is 0 Å². The fraction of sp³-hybridized carbons (Fsp3) is 0.182. The van der Waals surface area contributed by atoms with Gasteiger partial charge in [0, 0.05) is 5.88 Å². The number of rotatable bonds is 5. The number of allylic oxidation sites excluding steroid dienone is 1. The average Bonchev–Trinajstić information content (AvgIpc) is 2.24. The van der Waals surface area contributed by atoms with Crippen LogP contribution in [0.25, 0.3) is 6.08 Å². The van der Waals surface area contributed by atoms with Crippen LogP contribution in [0.3, 0.4) is 0 Å². The molecule has 0 bridgehead atoms. The van der Waals surface area contributed by atoms with Gasteiger partial charge in [0.1, 0.15) is 5.75 Å². The van der Waals surface area contributed by atoms with Gasteiger partial charge in [-0.3, -0.25) is 0 Å². The van der Waals surface area contributed by atoms with Gasteiger partial charge in [-0.15, -0.1) is 11.6 Å². The summed E-state index contributed by atoms with van der Waals surface area (Å²) in [5, 5.41) is 8.43. The smallest absolute Gasteiger partial charge is 0.341 e. The van der Waals surface area contributed by atoms with Gasteiger partial charge in [-0.2, -0.15) is 0 Å². The molecule has 0 aliphatic rings. The molecule has 0 spiro atoms. The number of carboxylic acids is 1. The third kappa shape index (κ3) is 4.51. The predicted octanol–water partition coefficient (Wildman–Crippen LogP) is 2.40. The van der Waals surface area contributed by atoms with Crippen molar-refractivity contribution < 1.29 is 14.6 Å².